The van der Waals surface area contributed by atoms with Crippen LogP contribution in [0.1, 0.15) is 31.4 Å². The lowest BCUT2D eigenvalue weighted by Crippen LogP contribution is -2.42. The van der Waals surface area contributed by atoms with E-state index in [2.05, 4.69) is 0 Å². The zero-order valence-corrected chi connectivity index (χ0v) is 12.4. The number of hydrogen-bond donors (Lipinski definition) is 0. The van der Waals surface area contributed by atoms with Gasteiger partial charge in [0, 0.05) is 28.6 Å². The minimum Gasteiger partial charge on any atom is -0.370 e. The van der Waals surface area contributed by atoms with Crippen molar-refractivity contribution in [3.05, 3.63) is 33.8 Å². The van der Waals surface area contributed by atoms with E-state index >= 15 is 0 Å². The summed E-state index contributed by atoms with van der Waals surface area (Å²) in [5.74, 6) is 0.181. The Labute approximate surface area is 123 Å². The Balaban J connectivity index is 2.10. The third-order valence-corrected chi connectivity index (χ3v) is 3.75. The van der Waals surface area contributed by atoms with Gasteiger partial charge in [-0.15, -0.1) is 0 Å². The van der Waals surface area contributed by atoms with Gasteiger partial charge in [0.15, 0.2) is 0 Å². The Morgan fingerprint density at radius 2 is 2.26 bits per heavy atom. The Kier molecular flexibility index (Phi) is 5.08. The van der Waals surface area contributed by atoms with Gasteiger partial charge in [0.2, 0.25) is 5.91 Å². The summed E-state index contributed by atoms with van der Waals surface area (Å²) < 4.78 is 5.72. The van der Waals surface area contributed by atoms with Crippen LogP contribution in [0.4, 0.5) is 0 Å². The Bertz CT molecular complexity index is 465. The van der Waals surface area contributed by atoms with Gasteiger partial charge in [-0.1, -0.05) is 36.2 Å². The van der Waals surface area contributed by atoms with Gasteiger partial charge in [-0.2, -0.15) is 0 Å². The van der Waals surface area contributed by atoms with Gasteiger partial charge < -0.3 is 9.64 Å². The molecular weight excluding hydrogens is 285 g/mol. The van der Waals surface area contributed by atoms with Gasteiger partial charge in [0.25, 0.3) is 0 Å². The maximum Gasteiger partial charge on any atom is 0.222 e. The average Bonchev–Trinajstić information content (AvgIpc) is 2.39. The molecule has 0 N–H and O–H groups in total. The molecule has 1 fully saturated rings. The van der Waals surface area contributed by atoms with Crippen molar-refractivity contribution in [3.63, 3.8) is 0 Å². The second kappa shape index (κ2) is 6.60. The smallest absolute Gasteiger partial charge is 0.222 e. The number of rotatable bonds is 3. The van der Waals surface area contributed by atoms with Crippen molar-refractivity contribution in [2.24, 2.45) is 0 Å². The predicted octanol–water partition coefficient (Wildman–Crippen LogP) is 3.69. The fourth-order valence-corrected chi connectivity index (χ4v) is 2.73. The Morgan fingerprint density at radius 1 is 1.47 bits per heavy atom. The molecule has 19 heavy (non-hydrogen) atoms. The van der Waals surface area contributed by atoms with Gasteiger partial charge in [0.1, 0.15) is 6.10 Å². The number of carbonyl (C=O) groups is 1. The molecule has 1 aromatic carbocycles. The van der Waals surface area contributed by atoms with Gasteiger partial charge in [-0.05, 0) is 18.6 Å². The largest absolute Gasteiger partial charge is 0.370 e. The van der Waals surface area contributed by atoms with Crippen LogP contribution in [0.3, 0.4) is 0 Å². The van der Waals surface area contributed by atoms with Crippen molar-refractivity contribution in [3.8, 4) is 0 Å². The van der Waals surface area contributed by atoms with E-state index in [-0.39, 0.29) is 12.0 Å². The van der Waals surface area contributed by atoms with Crippen LogP contribution in [0.15, 0.2) is 18.2 Å². The van der Waals surface area contributed by atoms with E-state index in [9.17, 15) is 4.79 Å². The zero-order chi connectivity index (χ0) is 13.8. The molecule has 0 bridgehead atoms. The van der Waals surface area contributed by atoms with Crippen LogP contribution in [-0.2, 0) is 9.53 Å². The highest BCUT2D eigenvalue weighted by Crippen LogP contribution is 2.30. The lowest BCUT2D eigenvalue weighted by molar-refractivity contribution is -0.139. The highest BCUT2D eigenvalue weighted by Gasteiger charge is 2.26. The van der Waals surface area contributed by atoms with E-state index < -0.39 is 0 Å². The zero-order valence-electron chi connectivity index (χ0n) is 10.9. The molecule has 5 heteroatoms. The lowest BCUT2D eigenvalue weighted by atomic mass is 10.1. The third-order valence-electron chi connectivity index (χ3n) is 3.19. The number of benzene rings is 1. The topological polar surface area (TPSA) is 29.5 Å². The fraction of sp³-hybridized carbons (Fsp3) is 0.500. The van der Waals surface area contributed by atoms with Crippen molar-refractivity contribution in [1.29, 1.82) is 0 Å². The highest BCUT2D eigenvalue weighted by molar-refractivity contribution is 6.35. The summed E-state index contributed by atoms with van der Waals surface area (Å²) in [6, 6.07) is 5.36. The molecule has 1 aliphatic heterocycles. The Hall–Kier alpha value is -0.770. The molecule has 1 atom stereocenters. The summed E-state index contributed by atoms with van der Waals surface area (Å²) in [6.45, 7) is 3.76. The van der Waals surface area contributed by atoms with Gasteiger partial charge in [0.05, 0.1) is 13.2 Å². The molecular formula is C14H17Cl2NO2. The van der Waals surface area contributed by atoms with Crippen molar-refractivity contribution in [2.75, 3.05) is 19.7 Å². The van der Waals surface area contributed by atoms with Crippen molar-refractivity contribution < 1.29 is 9.53 Å². The maximum absolute atomic E-state index is 11.9. The van der Waals surface area contributed by atoms with Crippen LogP contribution in [0.5, 0.6) is 0 Å². The van der Waals surface area contributed by atoms with Crippen LogP contribution in [-0.4, -0.2) is 30.5 Å². The summed E-state index contributed by atoms with van der Waals surface area (Å²) in [6.07, 6.45) is 1.28. The molecule has 1 unspecified atom stereocenters. The van der Waals surface area contributed by atoms with E-state index in [0.29, 0.717) is 36.2 Å². The monoisotopic (exact) mass is 301 g/mol. The summed E-state index contributed by atoms with van der Waals surface area (Å²) in [4.78, 5) is 13.8. The van der Waals surface area contributed by atoms with E-state index in [1.165, 1.54) is 0 Å². The van der Waals surface area contributed by atoms with Crippen LogP contribution >= 0.6 is 23.2 Å². The first-order chi connectivity index (χ1) is 9.11. The van der Waals surface area contributed by atoms with E-state index in [1.54, 1.807) is 12.1 Å². The van der Waals surface area contributed by atoms with Crippen molar-refractivity contribution >= 4 is 29.1 Å². The molecule has 0 saturated carbocycles. The molecule has 1 heterocycles. The van der Waals surface area contributed by atoms with E-state index in [4.69, 9.17) is 27.9 Å². The van der Waals surface area contributed by atoms with Gasteiger partial charge >= 0.3 is 0 Å². The van der Waals surface area contributed by atoms with Crippen molar-refractivity contribution in [1.82, 2.24) is 4.90 Å². The standard InChI is InChI=1S/C14H17Cl2NO2/c1-2-3-14(18)17-6-7-19-13(9-17)11-5-4-10(15)8-12(11)16/h4-5,8,13H,2-3,6-7,9H2,1H3. The molecule has 1 aliphatic rings. The van der Waals surface area contributed by atoms with E-state index in [1.807, 2.05) is 17.9 Å². The molecule has 3 nitrogen and oxygen atoms in total. The number of ether oxygens (including phenoxy) is 1. The van der Waals surface area contributed by atoms with Gasteiger partial charge in [-0.25, -0.2) is 0 Å². The summed E-state index contributed by atoms with van der Waals surface area (Å²) in [5, 5.41) is 1.19. The molecule has 2 rings (SSSR count). The summed E-state index contributed by atoms with van der Waals surface area (Å²) >= 11 is 12.1. The first-order valence-electron chi connectivity index (χ1n) is 6.46. The van der Waals surface area contributed by atoms with Crippen LogP contribution < -0.4 is 0 Å². The SMILES string of the molecule is CCCC(=O)N1CCOC(c2ccc(Cl)cc2Cl)C1. The first kappa shape index (κ1) is 14.6. The van der Waals surface area contributed by atoms with Crippen LogP contribution in [0.2, 0.25) is 10.0 Å². The molecule has 0 aliphatic carbocycles. The number of morpholine rings is 1. The predicted molar refractivity (Wildman–Crippen MR) is 76.6 cm³/mol. The summed E-state index contributed by atoms with van der Waals surface area (Å²) in [7, 11) is 0. The fourth-order valence-electron chi connectivity index (χ4n) is 2.20. The minimum atomic E-state index is -0.167. The number of nitrogens with zero attached hydrogens (tertiary/aromatic N) is 1. The molecule has 0 spiro atoms. The minimum absolute atomic E-state index is 0.167. The summed E-state index contributed by atoms with van der Waals surface area (Å²) in [5.41, 5.74) is 0.889. The van der Waals surface area contributed by atoms with E-state index in [0.717, 1.165) is 12.0 Å². The second-order valence-electron chi connectivity index (χ2n) is 4.62. The molecule has 1 amide bonds. The number of hydrogen-bond acceptors (Lipinski definition) is 2. The van der Waals surface area contributed by atoms with Gasteiger partial charge in [-0.3, -0.25) is 4.79 Å². The highest BCUT2D eigenvalue weighted by atomic mass is 35.5. The maximum atomic E-state index is 11.9. The quantitative estimate of drug-likeness (QED) is 0.852. The molecule has 1 aromatic rings. The lowest BCUT2D eigenvalue weighted by Gasteiger charge is -2.33. The van der Waals surface area contributed by atoms with Crippen LogP contribution in [0.25, 0.3) is 0 Å². The number of carbonyl (C=O) groups excluding carboxylic acids is 1. The average molecular weight is 302 g/mol. The van der Waals surface area contributed by atoms with Crippen LogP contribution in [0, 0.1) is 0 Å². The first-order valence-corrected chi connectivity index (χ1v) is 7.21. The Morgan fingerprint density at radius 3 is 2.95 bits per heavy atom. The molecule has 0 radical (unpaired) electrons. The third kappa shape index (κ3) is 3.62. The molecule has 0 aromatic heterocycles. The van der Waals surface area contributed by atoms with Crippen molar-refractivity contribution in [2.45, 2.75) is 25.9 Å². The second-order valence-corrected chi connectivity index (χ2v) is 5.46. The molecule has 1 saturated heterocycles. The number of amides is 1. The normalized spacial score (nSPS) is 19.5. The number of halogens is 2. The molecule has 104 valence electrons.